The van der Waals surface area contributed by atoms with E-state index in [0.717, 1.165) is 64.2 Å². The number of carbonyl (C=O) groups is 2. The predicted octanol–water partition coefficient (Wildman–Crippen LogP) is 6.00. The molecule has 0 aromatic rings. The Morgan fingerprint density at radius 3 is 1.25 bits per heavy atom. The van der Waals surface area contributed by atoms with E-state index in [1.54, 1.807) is 0 Å². The van der Waals surface area contributed by atoms with Crippen LogP contribution in [0.4, 0.5) is 0 Å². The number of hydrogen-bond acceptors (Lipinski definition) is 6. The first-order valence-electron chi connectivity index (χ1n) is 11.6. The van der Waals surface area contributed by atoms with E-state index in [-0.39, 0.29) is 25.1 Å². The van der Waals surface area contributed by atoms with E-state index >= 15 is 0 Å². The van der Waals surface area contributed by atoms with Crippen molar-refractivity contribution in [2.75, 3.05) is 0 Å². The van der Waals surface area contributed by atoms with E-state index in [1.807, 2.05) is 0 Å². The van der Waals surface area contributed by atoms with E-state index in [1.165, 1.54) is 0 Å². The highest BCUT2D eigenvalue weighted by Crippen LogP contribution is 2.39. The van der Waals surface area contributed by atoms with Gasteiger partial charge < -0.3 is 22.5 Å². The molecule has 0 radical (unpaired) electrons. The van der Waals surface area contributed by atoms with Crippen LogP contribution in [0.15, 0.2) is 0 Å². The highest BCUT2D eigenvalue weighted by molar-refractivity contribution is 7.87. The summed E-state index contributed by atoms with van der Waals surface area (Å²) in [7, 11) is -5.06. The van der Waals surface area contributed by atoms with E-state index in [4.69, 9.17) is 0 Å². The van der Waals surface area contributed by atoms with Crippen LogP contribution in [0, 0.1) is 5.41 Å². The highest BCUT2D eigenvalue weighted by atomic mass is 32.2. The van der Waals surface area contributed by atoms with Gasteiger partial charge >= 0.3 is 11.9 Å². The topological polar surface area (TPSA) is 199 Å². The van der Waals surface area contributed by atoms with Crippen LogP contribution < -0.4 is 12.3 Å². The van der Waals surface area contributed by atoms with Crippen LogP contribution in [0.3, 0.4) is 0 Å². The van der Waals surface area contributed by atoms with Gasteiger partial charge in [-0.15, -0.1) is 0 Å². The van der Waals surface area contributed by atoms with Gasteiger partial charge in [-0.1, -0.05) is 104 Å². The minimum absolute atomic E-state index is 0. The summed E-state index contributed by atoms with van der Waals surface area (Å²) >= 11 is 0. The van der Waals surface area contributed by atoms with Gasteiger partial charge in [0.1, 0.15) is 0 Å². The zero-order chi connectivity index (χ0) is 23.0. The number of carboxylic acid groups (broad SMARTS) is 2. The van der Waals surface area contributed by atoms with E-state index in [9.17, 15) is 32.8 Å². The molecule has 0 aliphatic carbocycles. The third-order valence-electron chi connectivity index (χ3n) is 5.90. The Labute approximate surface area is 194 Å². The molecule has 0 spiro atoms. The number of unbranched alkanes of at least 4 members (excludes halogenated alkanes) is 12. The predicted molar refractivity (Wildman–Crippen MR) is 128 cm³/mol. The molecule has 0 heterocycles. The van der Waals surface area contributed by atoms with Gasteiger partial charge in [0.15, 0.2) is 5.25 Å². The van der Waals surface area contributed by atoms with Crippen LogP contribution in [-0.4, -0.2) is 40.4 Å². The molecule has 9 nitrogen and oxygen atoms in total. The number of hydrogen-bond donors (Lipinski definition) is 5. The quantitative estimate of drug-likeness (QED) is 0.101. The molecule has 0 amide bonds. The molecule has 10 heteroatoms. The van der Waals surface area contributed by atoms with Gasteiger partial charge in [0, 0.05) is 0 Å². The Balaban J connectivity index is -0.00000420. The first-order valence-corrected chi connectivity index (χ1v) is 13.1. The van der Waals surface area contributed by atoms with E-state index in [2.05, 4.69) is 13.8 Å². The smallest absolute Gasteiger partial charge is 0.325 e. The fraction of sp³-hybridized carbons (Fsp3) is 0.909. The summed E-state index contributed by atoms with van der Waals surface area (Å²) in [5, 5.41) is 17.1. The van der Waals surface area contributed by atoms with Crippen molar-refractivity contribution in [3.8, 4) is 0 Å². The summed E-state index contributed by atoms with van der Waals surface area (Å²) in [6.45, 7) is 4.23. The first-order chi connectivity index (χ1) is 14.1. The van der Waals surface area contributed by atoms with Crippen molar-refractivity contribution in [2.45, 2.75) is 122 Å². The van der Waals surface area contributed by atoms with Crippen molar-refractivity contribution >= 4 is 22.1 Å². The van der Waals surface area contributed by atoms with Gasteiger partial charge in [0.25, 0.3) is 10.1 Å². The lowest BCUT2D eigenvalue weighted by molar-refractivity contribution is -0.156. The second kappa shape index (κ2) is 19.3. The molecule has 9 N–H and O–H groups in total. The zero-order valence-corrected chi connectivity index (χ0v) is 21.0. The lowest BCUT2D eigenvalue weighted by atomic mass is 9.74. The molecule has 1 unspecified atom stereocenters. The van der Waals surface area contributed by atoms with E-state index < -0.39 is 32.7 Å². The third kappa shape index (κ3) is 13.3. The molecular formula is C22H48N2O7S. The molecular weight excluding hydrogens is 436 g/mol. The standard InChI is InChI=1S/C22H42O7S.2H3N/c1-3-5-7-9-11-13-15-17-22(21(25)26,19(20(23)24)30(27,28)29)18-16-14-12-10-8-6-4-2;;/h19H,3-18H2,1-2H3,(H,23,24)(H,25,26)(H,27,28,29);2*1H3. The van der Waals surface area contributed by atoms with Gasteiger partial charge in [0.2, 0.25) is 0 Å². The molecule has 0 aliphatic heterocycles. The van der Waals surface area contributed by atoms with Crippen LogP contribution in [0.5, 0.6) is 0 Å². The SMILES string of the molecule is CCCCCCCCCC(CCCCCCCCC)(C(=O)O)C(C(=O)O)S(=O)(=O)O.N.N. The summed E-state index contributed by atoms with van der Waals surface area (Å²) in [4.78, 5) is 23.9. The largest absolute Gasteiger partial charge is 0.481 e. The number of carboxylic acids is 2. The summed E-state index contributed by atoms with van der Waals surface area (Å²) in [6, 6.07) is 0. The maximum absolute atomic E-state index is 12.2. The number of aliphatic carboxylic acids is 2. The Bertz CT molecular complexity index is 579. The fourth-order valence-electron chi connectivity index (χ4n) is 4.16. The monoisotopic (exact) mass is 484 g/mol. The van der Waals surface area contributed by atoms with Gasteiger partial charge in [-0.25, -0.2) is 0 Å². The van der Waals surface area contributed by atoms with Gasteiger partial charge in [-0.05, 0) is 12.8 Å². The Kier molecular flexibility index (Phi) is 21.3. The first kappa shape index (κ1) is 35.4. The molecule has 0 fully saturated rings. The summed E-state index contributed by atoms with van der Waals surface area (Å²) < 4.78 is 33.3. The van der Waals surface area contributed by atoms with Crippen molar-refractivity contribution < 1.29 is 32.8 Å². The van der Waals surface area contributed by atoms with Crippen LogP contribution >= 0.6 is 0 Å². The average Bonchev–Trinajstić information content (AvgIpc) is 2.64. The zero-order valence-electron chi connectivity index (χ0n) is 20.2. The molecule has 194 valence electrons. The highest BCUT2D eigenvalue weighted by Gasteiger charge is 2.55. The lowest BCUT2D eigenvalue weighted by Crippen LogP contribution is -2.51. The lowest BCUT2D eigenvalue weighted by Gasteiger charge is -2.33. The maximum Gasteiger partial charge on any atom is 0.325 e. The van der Waals surface area contributed by atoms with Crippen molar-refractivity contribution in [3.63, 3.8) is 0 Å². The van der Waals surface area contributed by atoms with Crippen LogP contribution in [0.25, 0.3) is 0 Å². The molecule has 0 aromatic carbocycles. The third-order valence-corrected chi connectivity index (χ3v) is 7.15. The minimum Gasteiger partial charge on any atom is -0.481 e. The summed E-state index contributed by atoms with van der Waals surface area (Å²) in [5.74, 6) is -3.25. The van der Waals surface area contributed by atoms with Crippen molar-refractivity contribution in [2.24, 2.45) is 5.41 Å². The van der Waals surface area contributed by atoms with Gasteiger partial charge in [-0.2, -0.15) is 8.42 Å². The number of rotatable bonds is 20. The van der Waals surface area contributed by atoms with Gasteiger partial charge in [-0.3, -0.25) is 14.1 Å². The molecule has 0 aliphatic rings. The summed E-state index contributed by atoms with van der Waals surface area (Å²) in [5.41, 5.74) is -2.01. The molecule has 0 saturated heterocycles. The molecule has 1 atom stereocenters. The van der Waals surface area contributed by atoms with Crippen LogP contribution in [0.1, 0.15) is 117 Å². The Hall–Kier alpha value is -1.23. The van der Waals surface area contributed by atoms with Crippen molar-refractivity contribution in [1.29, 1.82) is 0 Å². The fourth-order valence-corrected chi connectivity index (χ4v) is 5.32. The Morgan fingerprint density at radius 1 is 0.688 bits per heavy atom. The van der Waals surface area contributed by atoms with E-state index in [0.29, 0.717) is 25.7 Å². The average molecular weight is 485 g/mol. The molecule has 0 saturated carbocycles. The second-order valence-electron chi connectivity index (χ2n) is 8.44. The second-order valence-corrected chi connectivity index (χ2v) is 9.94. The molecule has 0 aromatic heterocycles. The molecule has 0 bridgehead atoms. The maximum atomic E-state index is 12.2. The van der Waals surface area contributed by atoms with Crippen LogP contribution in [0.2, 0.25) is 0 Å². The Morgan fingerprint density at radius 2 is 1.00 bits per heavy atom. The normalized spacial score (nSPS) is 12.5. The summed E-state index contributed by atoms with van der Waals surface area (Å²) in [6.07, 6.45) is 12.7. The van der Waals surface area contributed by atoms with Crippen LogP contribution in [-0.2, 0) is 19.7 Å². The van der Waals surface area contributed by atoms with Gasteiger partial charge in [0.05, 0.1) is 5.41 Å². The molecule has 0 rings (SSSR count). The minimum atomic E-state index is -5.06. The van der Waals surface area contributed by atoms with Crippen molar-refractivity contribution in [3.05, 3.63) is 0 Å². The van der Waals surface area contributed by atoms with Crippen molar-refractivity contribution in [1.82, 2.24) is 12.3 Å². The molecule has 32 heavy (non-hydrogen) atoms.